The van der Waals surface area contributed by atoms with Crippen LogP contribution in [-0.2, 0) is 22.7 Å². The molecule has 1 unspecified atom stereocenters. The van der Waals surface area contributed by atoms with E-state index in [1.807, 2.05) is 105 Å². The highest BCUT2D eigenvalue weighted by Crippen LogP contribution is 2.41. The van der Waals surface area contributed by atoms with Gasteiger partial charge in [0.05, 0.1) is 18.7 Å². The number of nitrogens with zero attached hydrogens (tertiary/aromatic N) is 2. The number of carbonyl (C=O) groups excluding carboxylic acids is 2. The number of hydrogen-bond acceptors (Lipinski definition) is 6. The van der Waals surface area contributed by atoms with Gasteiger partial charge in [0.15, 0.2) is 0 Å². The Balaban J connectivity index is 1.52. The average molecular weight is 563 g/mol. The summed E-state index contributed by atoms with van der Waals surface area (Å²) in [6.07, 6.45) is 0. The molecule has 4 aromatic carbocycles. The van der Waals surface area contributed by atoms with Crippen LogP contribution in [0, 0.1) is 6.92 Å². The molecule has 1 atom stereocenters. The molecule has 7 nitrogen and oxygen atoms in total. The van der Waals surface area contributed by atoms with E-state index in [1.165, 1.54) is 4.90 Å². The predicted molar refractivity (Wildman–Crippen MR) is 164 cm³/mol. The number of hydrogen-bond donors (Lipinski definition) is 1. The third kappa shape index (κ3) is 5.86. The Labute approximate surface area is 246 Å². The summed E-state index contributed by atoms with van der Waals surface area (Å²) in [7, 11) is 5.48. The number of ether oxygens (including phenoxy) is 2. The van der Waals surface area contributed by atoms with Crippen molar-refractivity contribution in [2.75, 3.05) is 26.1 Å². The smallest absolute Gasteiger partial charge is 0.295 e. The van der Waals surface area contributed by atoms with Crippen molar-refractivity contribution in [3.8, 4) is 11.5 Å². The largest absolute Gasteiger partial charge is 0.507 e. The molecule has 214 valence electrons. The maximum atomic E-state index is 13.5. The molecule has 0 aromatic heterocycles. The lowest BCUT2D eigenvalue weighted by atomic mass is 9.94. The second kappa shape index (κ2) is 12.2. The molecule has 1 amide bonds. The minimum absolute atomic E-state index is 0.0588. The Bertz CT molecular complexity index is 1610. The second-order valence-corrected chi connectivity index (χ2v) is 10.5. The number of aryl methyl sites for hydroxylation is 1. The summed E-state index contributed by atoms with van der Waals surface area (Å²) in [5.74, 6) is -0.224. The zero-order chi connectivity index (χ0) is 29.8. The van der Waals surface area contributed by atoms with E-state index in [0.29, 0.717) is 23.7 Å². The van der Waals surface area contributed by atoms with Gasteiger partial charge in [-0.15, -0.1) is 0 Å². The topological polar surface area (TPSA) is 79.3 Å². The lowest BCUT2D eigenvalue weighted by molar-refractivity contribution is -0.140. The second-order valence-electron chi connectivity index (χ2n) is 10.5. The van der Waals surface area contributed by atoms with Crippen LogP contribution in [0.3, 0.4) is 0 Å². The van der Waals surface area contributed by atoms with Crippen LogP contribution in [0.2, 0.25) is 0 Å². The zero-order valence-electron chi connectivity index (χ0n) is 24.2. The van der Waals surface area contributed by atoms with E-state index in [0.717, 1.165) is 27.9 Å². The molecule has 0 saturated carbocycles. The number of aliphatic hydroxyl groups is 1. The minimum Gasteiger partial charge on any atom is -0.507 e. The van der Waals surface area contributed by atoms with Crippen LogP contribution in [0.15, 0.2) is 103 Å². The van der Waals surface area contributed by atoms with E-state index in [9.17, 15) is 14.7 Å². The standard InChI is InChI=1S/C35H34N2O5/c1-23-20-27(14-19-30(23)42-22-25-8-6-5-7-9-25)33(38)31-32(26-12-15-28(16-13-26)36(2)3)37(35(40)34(31)39)21-24-10-17-29(41-4)18-11-24/h5-20,32,38H,21-22H2,1-4H3/b33-31-. The van der Waals surface area contributed by atoms with Gasteiger partial charge in [-0.25, -0.2) is 0 Å². The molecule has 0 radical (unpaired) electrons. The molecule has 0 spiro atoms. The van der Waals surface area contributed by atoms with Gasteiger partial charge in [-0.05, 0) is 71.6 Å². The Kier molecular flexibility index (Phi) is 8.29. The number of ketones is 1. The molecule has 7 heteroatoms. The number of Topliss-reactive ketones (excluding diaryl/α,β-unsaturated/α-hetero) is 1. The SMILES string of the molecule is COc1ccc(CN2C(=O)C(=O)/C(=C(\O)c3ccc(OCc4ccccc4)c(C)c3)C2c2ccc(N(C)C)cc2)cc1. The molecular weight excluding hydrogens is 528 g/mol. The van der Waals surface area contributed by atoms with E-state index in [1.54, 1.807) is 25.3 Å². The number of anilines is 1. The molecule has 1 heterocycles. The van der Waals surface area contributed by atoms with Gasteiger partial charge < -0.3 is 24.4 Å². The summed E-state index contributed by atoms with van der Waals surface area (Å²) in [4.78, 5) is 30.5. The van der Waals surface area contributed by atoms with Crippen LogP contribution < -0.4 is 14.4 Å². The van der Waals surface area contributed by atoms with Gasteiger partial charge in [0, 0.05) is 31.9 Å². The van der Waals surface area contributed by atoms with Crippen LogP contribution in [0.4, 0.5) is 5.69 Å². The fourth-order valence-electron chi connectivity index (χ4n) is 5.12. The molecule has 0 aliphatic carbocycles. The fraction of sp³-hybridized carbons (Fsp3) is 0.200. The third-order valence-electron chi connectivity index (χ3n) is 7.46. The van der Waals surface area contributed by atoms with Crippen molar-refractivity contribution in [3.63, 3.8) is 0 Å². The monoisotopic (exact) mass is 562 g/mol. The Hall–Kier alpha value is -5.04. The first-order valence-corrected chi connectivity index (χ1v) is 13.7. The maximum absolute atomic E-state index is 13.5. The van der Waals surface area contributed by atoms with Gasteiger partial charge in [-0.2, -0.15) is 0 Å². The maximum Gasteiger partial charge on any atom is 0.295 e. The molecule has 1 aliphatic rings. The third-order valence-corrected chi connectivity index (χ3v) is 7.46. The van der Waals surface area contributed by atoms with Gasteiger partial charge in [0.2, 0.25) is 0 Å². The van der Waals surface area contributed by atoms with Crippen LogP contribution in [0.5, 0.6) is 11.5 Å². The van der Waals surface area contributed by atoms with Gasteiger partial charge in [-0.1, -0.05) is 54.6 Å². The van der Waals surface area contributed by atoms with Crippen LogP contribution in [0.1, 0.15) is 33.9 Å². The van der Waals surface area contributed by atoms with Crippen molar-refractivity contribution in [2.45, 2.75) is 26.1 Å². The quantitative estimate of drug-likeness (QED) is 0.147. The Morgan fingerprint density at radius 2 is 1.57 bits per heavy atom. The number of benzene rings is 4. The summed E-state index contributed by atoms with van der Waals surface area (Å²) in [5, 5.41) is 11.6. The van der Waals surface area contributed by atoms with Gasteiger partial charge in [0.1, 0.15) is 23.9 Å². The molecule has 1 N–H and O–H groups in total. The number of aliphatic hydroxyl groups excluding tert-OH is 1. The van der Waals surface area contributed by atoms with Crippen molar-refractivity contribution in [2.24, 2.45) is 0 Å². The van der Waals surface area contributed by atoms with Crippen molar-refractivity contribution in [3.05, 3.63) is 130 Å². The minimum atomic E-state index is -0.766. The highest BCUT2D eigenvalue weighted by Gasteiger charge is 2.46. The average Bonchev–Trinajstić information content (AvgIpc) is 3.26. The molecule has 4 aromatic rings. The Morgan fingerprint density at radius 3 is 2.19 bits per heavy atom. The first-order chi connectivity index (χ1) is 20.3. The van der Waals surface area contributed by atoms with E-state index >= 15 is 0 Å². The molecule has 5 rings (SSSR count). The molecule has 1 saturated heterocycles. The molecule has 1 aliphatic heterocycles. The number of amides is 1. The predicted octanol–water partition coefficient (Wildman–Crippen LogP) is 6.27. The van der Waals surface area contributed by atoms with Crippen LogP contribution in [-0.4, -0.2) is 42.9 Å². The van der Waals surface area contributed by atoms with Crippen LogP contribution in [0.25, 0.3) is 5.76 Å². The molecule has 42 heavy (non-hydrogen) atoms. The normalized spacial score (nSPS) is 16.0. The molecular formula is C35H34N2O5. The lowest BCUT2D eigenvalue weighted by Gasteiger charge is -2.26. The van der Waals surface area contributed by atoms with E-state index in [2.05, 4.69) is 0 Å². The zero-order valence-corrected chi connectivity index (χ0v) is 24.2. The molecule has 1 fully saturated rings. The fourth-order valence-corrected chi connectivity index (χ4v) is 5.12. The van der Waals surface area contributed by atoms with E-state index < -0.39 is 17.7 Å². The summed E-state index contributed by atoms with van der Waals surface area (Å²) in [6, 6.07) is 29.4. The van der Waals surface area contributed by atoms with Gasteiger partial charge in [-0.3, -0.25) is 9.59 Å². The van der Waals surface area contributed by atoms with Gasteiger partial charge in [0.25, 0.3) is 11.7 Å². The van der Waals surface area contributed by atoms with Crippen LogP contribution >= 0.6 is 0 Å². The van der Waals surface area contributed by atoms with Crippen molar-refractivity contribution in [1.82, 2.24) is 4.90 Å². The van der Waals surface area contributed by atoms with Crippen molar-refractivity contribution >= 4 is 23.1 Å². The summed E-state index contributed by atoms with van der Waals surface area (Å²) >= 11 is 0. The van der Waals surface area contributed by atoms with E-state index in [4.69, 9.17) is 9.47 Å². The van der Waals surface area contributed by atoms with Gasteiger partial charge >= 0.3 is 0 Å². The number of carbonyl (C=O) groups is 2. The summed E-state index contributed by atoms with van der Waals surface area (Å²) in [6.45, 7) is 2.49. The van der Waals surface area contributed by atoms with Crippen molar-refractivity contribution in [1.29, 1.82) is 0 Å². The number of methoxy groups -OCH3 is 1. The Morgan fingerprint density at radius 1 is 0.881 bits per heavy atom. The molecule has 0 bridgehead atoms. The first kappa shape index (κ1) is 28.5. The van der Waals surface area contributed by atoms with E-state index in [-0.39, 0.29) is 17.9 Å². The lowest BCUT2D eigenvalue weighted by Crippen LogP contribution is -2.29. The summed E-state index contributed by atoms with van der Waals surface area (Å²) < 4.78 is 11.3. The number of rotatable bonds is 9. The summed E-state index contributed by atoms with van der Waals surface area (Å²) in [5.41, 5.74) is 4.89. The van der Waals surface area contributed by atoms with Crippen molar-refractivity contribution < 1.29 is 24.2 Å². The highest BCUT2D eigenvalue weighted by molar-refractivity contribution is 6.46. The number of likely N-dealkylation sites (tertiary alicyclic amines) is 1. The first-order valence-electron chi connectivity index (χ1n) is 13.7. The highest BCUT2D eigenvalue weighted by atomic mass is 16.5.